The van der Waals surface area contributed by atoms with Gasteiger partial charge in [0, 0.05) is 36.4 Å². The van der Waals surface area contributed by atoms with Crippen LogP contribution in [0.2, 0.25) is 0 Å². The number of carbonyl (C=O) groups is 1. The third-order valence-electron chi connectivity index (χ3n) is 4.43. The smallest absolute Gasteiger partial charge is 0.273 e. The van der Waals surface area contributed by atoms with E-state index in [9.17, 15) is 4.79 Å². The van der Waals surface area contributed by atoms with E-state index >= 15 is 0 Å². The van der Waals surface area contributed by atoms with E-state index in [1.165, 1.54) is 17.8 Å². The Hall–Kier alpha value is -1.79. The van der Waals surface area contributed by atoms with Gasteiger partial charge in [-0.1, -0.05) is 0 Å². The molecule has 114 valence electrons. The predicted molar refractivity (Wildman–Crippen MR) is 85.7 cm³/mol. The molecule has 2 aromatic heterocycles. The normalized spacial score (nSPS) is 24.3. The number of pyridine rings is 1. The zero-order chi connectivity index (χ0) is 14.9. The first-order valence-corrected chi connectivity index (χ1v) is 8.53. The molecule has 2 saturated heterocycles. The van der Waals surface area contributed by atoms with Crippen molar-refractivity contribution in [2.24, 2.45) is 11.8 Å². The third-order valence-corrected chi connectivity index (χ3v) is 5.32. The number of aromatic nitrogens is 2. The van der Waals surface area contributed by atoms with Crippen LogP contribution in [-0.2, 0) is 0 Å². The number of rotatable bonds is 2. The van der Waals surface area contributed by atoms with Crippen molar-refractivity contribution in [2.75, 3.05) is 26.2 Å². The Balaban J connectivity index is 1.52. The van der Waals surface area contributed by atoms with Crippen LogP contribution in [0.5, 0.6) is 0 Å². The molecule has 1 N–H and O–H groups in total. The standard InChI is InChI=1S/C16H18N4OS/c21-16(20-8-11-5-12(9-20)7-18-6-11)14-10-22-15(19-14)13-1-3-17-4-2-13/h1-4,10-12,18H,5-9H2/t11-,12+. The number of hydrogen-bond acceptors (Lipinski definition) is 5. The fourth-order valence-electron chi connectivity index (χ4n) is 3.43. The quantitative estimate of drug-likeness (QED) is 0.919. The van der Waals surface area contributed by atoms with Gasteiger partial charge in [0.15, 0.2) is 0 Å². The SMILES string of the molecule is O=C(c1csc(-c2ccncc2)n1)N1C[C@@H]2CNC[C@@H](C2)C1. The van der Waals surface area contributed by atoms with Crippen molar-refractivity contribution in [3.05, 3.63) is 35.6 Å². The number of fused-ring (bicyclic) bond motifs is 2. The van der Waals surface area contributed by atoms with Gasteiger partial charge in [-0.3, -0.25) is 9.78 Å². The summed E-state index contributed by atoms with van der Waals surface area (Å²) >= 11 is 1.52. The first-order chi connectivity index (χ1) is 10.8. The summed E-state index contributed by atoms with van der Waals surface area (Å²) in [5.41, 5.74) is 1.59. The molecule has 1 amide bonds. The highest BCUT2D eigenvalue weighted by molar-refractivity contribution is 7.13. The summed E-state index contributed by atoms with van der Waals surface area (Å²) in [5, 5.41) is 6.21. The average molecular weight is 314 g/mol. The summed E-state index contributed by atoms with van der Waals surface area (Å²) in [6.45, 7) is 3.76. The van der Waals surface area contributed by atoms with E-state index in [0.29, 0.717) is 17.5 Å². The highest BCUT2D eigenvalue weighted by atomic mass is 32.1. The molecule has 2 bridgehead atoms. The van der Waals surface area contributed by atoms with Gasteiger partial charge in [0.05, 0.1) is 0 Å². The molecule has 2 aliphatic heterocycles. The molecule has 0 aromatic carbocycles. The zero-order valence-electron chi connectivity index (χ0n) is 12.2. The summed E-state index contributed by atoms with van der Waals surface area (Å²) in [5.74, 6) is 1.26. The zero-order valence-corrected chi connectivity index (χ0v) is 13.1. The maximum atomic E-state index is 12.7. The van der Waals surface area contributed by atoms with Crippen LogP contribution in [0.25, 0.3) is 10.6 Å². The molecule has 2 atom stereocenters. The van der Waals surface area contributed by atoms with Crippen LogP contribution in [0, 0.1) is 11.8 Å². The molecule has 6 heteroatoms. The van der Waals surface area contributed by atoms with Gasteiger partial charge < -0.3 is 10.2 Å². The minimum absolute atomic E-state index is 0.0770. The van der Waals surface area contributed by atoms with E-state index in [2.05, 4.69) is 15.3 Å². The largest absolute Gasteiger partial charge is 0.337 e. The van der Waals surface area contributed by atoms with Gasteiger partial charge in [0.1, 0.15) is 10.7 Å². The first-order valence-electron chi connectivity index (χ1n) is 7.65. The van der Waals surface area contributed by atoms with Crippen molar-refractivity contribution in [1.82, 2.24) is 20.2 Å². The number of carbonyl (C=O) groups excluding carboxylic acids is 1. The highest BCUT2D eigenvalue weighted by Gasteiger charge is 2.33. The van der Waals surface area contributed by atoms with E-state index in [0.717, 1.165) is 36.8 Å². The van der Waals surface area contributed by atoms with E-state index in [4.69, 9.17) is 0 Å². The van der Waals surface area contributed by atoms with Gasteiger partial charge in [0.25, 0.3) is 5.91 Å². The third kappa shape index (κ3) is 2.64. The highest BCUT2D eigenvalue weighted by Crippen LogP contribution is 2.27. The van der Waals surface area contributed by atoms with Crippen LogP contribution in [0.3, 0.4) is 0 Å². The Morgan fingerprint density at radius 2 is 1.95 bits per heavy atom. The van der Waals surface area contributed by atoms with E-state index in [-0.39, 0.29) is 5.91 Å². The van der Waals surface area contributed by atoms with E-state index in [1.54, 1.807) is 12.4 Å². The Morgan fingerprint density at radius 3 is 2.68 bits per heavy atom. The molecule has 2 aliphatic rings. The lowest BCUT2D eigenvalue weighted by Gasteiger charge is -2.41. The summed E-state index contributed by atoms with van der Waals surface area (Å²) in [6.07, 6.45) is 4.74. The van der Waals surface area contributed by atoms with Crippen LogP contribution >= 0.6 is 11.3 Å². The average Bonchev–Trinajstić information content (AvgIpc) is 3.04. The van der Waals surface area contributed by atoms with Crippen molar-refractivity contribution in [2.45, 2.75) is 6.42 Å². The molecular weight excluding hydrogens is 296 g/mol. The summed E-state index contributed by atoms with van der Waals surface area (Å²) in [4.78, 5) is 23.3. The Kier molecular flexibility index (Phi) is 3.63. The van der Waals surface area contributed by atoms with Gasteiger partial charge in [-0.2, -0.15) is 0 Å². The molecule has 0 unspecified atom stereocenters. The van der Waals surface area contributed by atoms with Gasteiger partial charge >= 0.3 is 0 Å². The van der Waals surface area contributed by atoms with Gasteiger partial charge in [0.2, 0.25) is 0 Å². The second-order valence-electron chi connectivity index (χ2n) is 6.11. The number of likely N-dealkylation sites (tertiary alicyclic amines) is 1. The molecule has 5 nitrogen and oxygen atoms in total. The van der Waals surface area contributed by atoms with E-state index < -0.39 is 0 Å². The van der Waals surface area contributed by atoms with E-state index in [1.807, 2.05) is 22.4 Å². The lowest BCUT2D eigenvalue weighted by Crippen LogP contribution is -2.52. The number of hydrogen-bond donors (Lipinski definition) is 1. The summed E-state index contributed by atoms with van der Waals surface area (Å²) < 4.78 is 0. The van der Waals surface area contributed by atoms with Crippen molar-refractivity contribution in [3.8, 4) is 10.6 Å². The molecule has 0 aliphatic carbocycles. The monoisotopic (exact) mass is 314 g/mol. The second-order valence-corrected chi connectivity index (χ2v) is 6.97. The van der Waals surface area contributed by atoms with Crippen LogP contribution < -0.4 is 5.32 Å². The van der Waals surface area contributed by atoms with Crippen LogP contribution in [0.1, 0.15) is 16.9 Å². The molecule has 4 heterocycles. The number of amides is 1. The molecule has 0 saturated carbocycles. The molecule has 4 rings (SSSR count). The van der Waals surface area contributed by atoms with Crippen molar-refractivity contribution >= 4 is 17.2 Å². The number of piperidine rings is 2. The van der Waals surface area contributed by atoms with Crippen molar-refractivity contribution in [3.63, 3.8) is 0 Å². The Morgan fingerprint density at radius 1 is 1.23 bits per heavy atom. The van der Waals surface area contributed by atoms with Gasteiger partial charge in [-0.05, 0) is 43.5 Å². The number of nitrogens with zero attached hydrogens (tertiary/aromatic N) is 3. The Labute approximate surface area is 133 Å². The lowest BCUT2D eigenvalue weighted by molar-refractivity contribution is 0.0533. The maximum absolute atomic E-state index is 12.7. The number of nitrogens with one attached hydrogen (secondary N) is 1. The van der Waals surface area contributed by atoms with Crippen molar-refractivity contribution in [1.29, 1.82) is 0 Å². The van der Waals surface area contributed by atoms with Gasteiger partial charge in [-0.15, -0.1) is 11.3 Å². The van der Waals surface area contributed by atoms with Gasteiger partial charge in [-0.25, -0.2) is 4.98 Å². The van der Waals surface area contributed by atoms with Crippen molar-refractivity contribution < 1.29 is 4.79 Å². The molecule has 22 heavy (non-hydrogen) atoms. The first kappa shape index (κ1) is 13.8. The summed E-state index contributed by atoms with van der Waals surface area (Å²) in [7, 11) is 0. The summed E-state index contributed by atoms with van der Waals surface area (Å²) in [6, 6.07) is 3.84. The molecule has 0 radical (unpaired) electrons. The topological polar surface area (TPSA) is 58.1 Å². The lowest BCUT2D eigenvalue weighted by atomic mass is 9.86. The van der Waals surface area contributed by atoms with Crippen LogP contribution in [-0.4, -0.2) is 47.0 Å². The second kappa shape index (κ2) is 5.78. The molecule has 2 aromatic rings. The fraction of sp³-hybridized carbons (Fsp3) is 0.438. The molecular formula is C16H18N4OS. The van der Waals surface area contributed by atoms with Crippen LogP contribution in [0.4, 0.5) is 0 Å². The minimum Gasteiger partial charge on any atom is -0.337 e. The predicted octanol–water partition coefficient (Wildman–Crippen LogP) is 1.89. The van der Waals surface area contributed by atoms with Crippen LogP contribution in [0.15, 0.2) is 29.9 Å². The Bertz CT molecular complexity index is 660. The molecule has 0 spiro atoms. The molecule has 2 fully saturated rings. The number of thiazole rings is 1. The minimum atomic E-state index is 0.0770. The fourth-order valence-corrected chi connectivity index (χ4v) is 4.23. The maximum Gasteiger partial charge on any atom is 0.273 e.